The summed E-state index contributed by atoms with van der Waals surface area (Å²) in [4.78, 5) is 6.63. The molecule has 0 aliphatic rings. The predicted molar refractivity (Wildman–Crippen MR) is 57.0 cm³/mol. The second kappa shape index (κ2) is 4.85. The highest BCUT2D eigenvalue weighted by molar-refractivity contribution is 5.37. The van der Waals surface area contributed by atoms with Crippen molar-refractivity contribution in [3.8, 4) is 0 Å². The van der Waals surface area contributed by atoms with Crippen LogP contribution in [0.1, 0.15) is 20.8 Å². The average Bonchev–Trinajstić information content (AvgIpc) is 2.15. The van der Waals surface area contributed by atoms with Gasteiger partial charge < -0.3 is 4.90 Å². The second-order valence-corrected chi connectivity index (χ2v) is 3.62. The number of aromatic nitrogens is 1. The van der Waals surface area contributed by atoms with Gasteiger partial charge >= 0.3 is 0 Å². The molecule has 0 aliphatic carbocycles. The van der Waals surface area contributed by atoms with E-state index < -0.39 is 0 Å². The van der Waals surface area contributed by atoms with Gasteiger partial charge in [0.15, 0.2) is 0 Å². The van der Waals surface area contributed by atoms with E-state index in [-0.39, 0.29) is 0 Å². The Labute approximate surface area is 80.6 Å². The lowest BCUT2D eigenvalue weighted by molar-refractivity contribution is 0.614. The minimum atomic E-state index is 0.682. The van der Waals surface area contributed by atoms with Crippen LogP contribution < -0.4 is 4.90 Å². The lowest BCUT2D eigenvalue weighted by Gasteiger charge is -2.23. The largest absolute Gasteiger partial charge is 0.357 e. The summed E-state index contributed by atoms with van der Waals surface area (Å²) >= 11 is 0. The number of rotatable bonds is 4. The van der Waals surface area contributed by atoms with Crippen molar-refractivity contribution < 1.29 is 0 Å². The average molecular weight is 178 g/mol. The topological polar surface area (TPSA) is 16.1 Å². The third kappa shape index (κ3) is 3.05. The van der Waals surface area contributed by atoms with E-state index in [4.69, 9.17) is 0 Å². The predicted octanol–water partition coefficient (Wildman–Crippen LogP) is 2.56. The zero-order valence-electron chi connectivity index (χ0n) is 8.70. The Bertz CT molecular complexity index is 231. The molecule has 0 amide bonds. The maximum atomic E-state index is 4.33. The van der Waals surface area contributed by atoms with E-state index in [1.807, 2.05) is 18.3 Å². The number of hydrogen-bond donors (Lipinski definition) is 0. The molecule has 0 atom stereocenters. The van der Waals surface area contributed by atoms with Crippen molar-refractivity contribution >= 4 is 5.82 Å². The molecule has 0 unspecified atom stereocenters. The van der Waals surface area contributed by atoms with Gasteiger partial charge in [-0.25, -0.2) is 4.98 Å². The van der Waals surface area contributed by atoms with Crippen LogP contribution in [0.2, 0.25) is 0 Å². The first kappa shape index (κ1) is 10.0. The fourth-order valence-corrected chi connectivity index (χ4v) is 1.37. The zero-order valence-corrected chi connectivity index (χ0v) is 8.70. The zero-order chi connectivity index (χ0) is 9.68. The standard InChI is InChI=1S/C11H18N2/c1-4-13(9-10(2)3)11-7-5-6-8-12-11/h5-8,10H,4,9H2,1-3H3. The highest BCUT2D eigenvalue weighted by atomic mass is 15.2. The van der Waals surface area contributed by atoms with Gasteiger partial charge in [0.05, 0.1) is 0 Å². The molecule has 2 heteroatoms. The second-order valence-electron chi connectivity index (χ2n) is 3.62. The molecule has 0 saturated heterocycles. The monoisotopic (exact) mass is 178 g/mol. The Kier molecular flexibility index (Phi) is 3.74. The molecule has 0 N–H and O–H groups in total. The van der Waals surface area contributed by atoms with E-state index in [0.717, 1.165) is 18.9 Å². The first-order chi connectivity index (χ1) is 6.24. The highest BCUT2D eigenvalue weighted by Gasteiger charge is 2.05. The van der Waals surface area contributed by atoms with E-state index in [2.05, 4.69) is 36.7 Å². The van der Waals surface area contributed by atoms with Crippen LogP contribution in [0.3, 0.4) is 0 Å². The van der Waals surface area contributed by atoms with Crippen LogP contribution in [0.4, 0.5) is 5.82 Å². The molecule has 0 saturated carbocycles. The quantitative estimate of drug-likeness (QED) is 0.704. The summed E-state index contributed by atoms with van der Waals surface area (Å²) < 4.78 is 0. The molecule has 1 aromatic rings. The van der Waals surface area contributed by atoms with Crippen molar-refractivity contribution in [3.05, 3.63) is 24.4 Å². The third-order valence-electron chi connectivity index (χ3n) is 1.94. The summed E-state index contributed by atoms with van der Waals surface area (Å²) in [5, 5.41) is 0. The molecule has 1 rings (SSSR count). The molecule has 0 fully saturated rings. The van der Waals surface area contributed by atoms with E-state index in [1.165, 1.54) is 0 Å². The van der Waals surface area contributed by atoms with E-state index in [0.29, 0.717) is 5.92 Å². The maximum Gasteiger partial charge on any atom is 0.128 e. The number of nitrogens with zero attached hydrogens (tertiary/aromatic N) is 2. The molecular weight excluding hydrogens is 160 g/mol. The lowest BCUT2D eigenvalue weighted by atomic mass is 10.2. The summed E-state index contributed by atoms with van der Waals surface area (Å²) in [6.07, 6.45) is 1.85. The van der Waals surface area contributed by atoms with E-state index in [9.17, 15) is 0 Å². The normalized spacial score (nSPS) is 10.5. The van der Waals surface area contributed by atoms with E-state index in [1.54, 1.807) is 0 Å². The summed E-state index contributed by atoms with van der Waals surface area (Å²) in [7, 11) is 0. The first-order valence-electron chi connectivity index (χ1n) is 4.90. The number of pyridine rings is 1. The van der Waals surface area contributed by atoms with Crippen molar-refractivity contribution in [1.82, 2.24) is 4.98 Å². The molecule has 13 heavy (non-hydrogen) atoms. The van der Waals surface area contributed by atoms with Gasteiger partial charge in [0.2, 0.25) is 0 Å². The minimum Gasteiger partial charge on any atom is -0.357 e. The van der Waals surface area contributed by atoms with Crippen LogP contribution in [0.25, 0.3) is 0 Å². The summed E-state index contributed by atoms with van der Waals surface area (Å²) in [5.41, 5.74) is 0. The number of anilines is 1. The fraction of sp³-hybridized carbons (Fsp3) is 0.545. The van der Waals surface area contributed by atoms with Gasteiger partial charge in [-0.1, -0.05) is 19.9 Å². The van der Waals surface area contributed by atoms with Crippen molar-refractivity contribution in [2.75, 3.05) is 18.0 Å². The van der Waals surface area contributed by atoms with Gasteiger partial charge in [-0.2, -0.15) is 0 Å². The Balaban J connectivity index is 2.67. The van der Waals surface area contributed by atoms with Gasteiger partial charge in [0, 0.05) is 19.3 Å². The van der Waals surface area contributed by atoms with Gasteiger partial charge in [-0.15, -0.1) is 0 Å². The van der Waals surface area contributed by atoms with Crippen molar-refractivity contribution in [2.45, 2.75) is 20.8 Å². The smallest absolute Gasteiger partial charge is 0.128 e. The Morgan fingerprint density at radius 3 is 2.62 bits per heavy atom. The molecule has 0 radical (unpaired) electrons. The lowest BCUT2D eigenvalue weighted by Crippen LogP contribution is -2.27. The van der Waals surface area contributed by atoms with Gasteiger partial charge in [0.25, 0.3) is 0 Å². The SMILES string of the molecule is CCN(CC(C)C)c1ccccn1. The molecule has 0 aliphatic heterocycles. The molecule has 72 valence electrons. The fourth-order valence-electron chi connectivity index (χ4n) is 1.37. The van der Waals surface area contributed by atoms with Crippen LogP contribution in [0.5, 0.6) is 0 Å². The van der Waals surface area contributed by atoms with Crippen LogP contribution >= 0.6 is 0 Å². The molecule has 0 bridgehead atoms. The van der Waals surface area contributed by atoms with Crippen molar-refractivity contribution in [2.24, 2.45) is 5.92 Å². The summed E-state index contributed by atoms with van der Waals surface area (Å²) in [6, 6.07) is 6.05. The Morgan fingerprint density at radius 2 is 2.15 bits per heavy atom. The molecular formula is C11H18N2. The van der Waals surface area contributed by atoms with Gasteiger partial charge in [-0.3, -0.25) is 0 Å². The first-order valence-corrected chi connectivity index (χ1v) is 4.90. The van der Waals surface area contributed by atoms with Gasteiger partial charge in [0.1, 0.15) is 5.82 Å². The van der Waals surface area contributed by atoms with Crippen LogP contribution in [0.15, 0.2) is 24.4 Å². The van der Waals surface area contributed by atoms with Crippen LogP contribution in [-0.2, 0) is 0 Å². The summed E-state index contributed by atoms with van der Waals surface area (Å²) in [5.74, 6) is 1.76. The summed E-state index contributed by atoms with van der Waals surface area (Å²) in [6.45, 7) is 8.72. The number of hydrogen-bond acceptors (Lipinski definition) is 2. The molecule has 0 aromatic carbocycles. The minimum absolute atomic E-state index is 0.682. The third-order valence-corrected chi connectivity index (χ3v) is 1.94. The highest BCUT2D eigenvalue weighted by Crippen LogP contribution is 2.10. The maximum absolute atomic E-state index is 4.33. The molecule has 0 spiro atoms. The van der Waals surface area contributed by atoms with Crippen molar-refractivity contribution in [3.63, 3.8) is 0 Å². The van der Waals surface area contributed by atoms with Crippen LogP contribution in [0, 0.1) is 5.92 Å². The molecule has 2 nitrogen and oxygen atoms in total. The molecule has 1 aromatic heterocycles. The Morgan fingerprint density at radius 1 is 1.38 bits per heavy atom. The Hall–Kier alpha value is -1.05. The van der Waals surface area contributed by atoms with Gasteiger partial charge in [-0.05, 0) is 25.0 Å². The van der Waals surface area contributed by atoms with Crippen LogP contribution in [-0.4, -0.2) is 18.1 Å². The van der Waals surface area contributed by atoms with E-state index >= 15 is 0 Å². The molecule has 1 heterocycles. The van der Waals surface area contributed by atoms with Crippen molar-refractivity contribution in [1.29, 1.82) is 0 Å².